The number of phosphoric acid groups is 1. The molecule has 0 fully saturated rings. The molecule has 0 aliphatic rings. The fraction of sp³-hybridized carbons (Fsp3) is 0.650. The van der Waals surface area contributed by atoms with Crippen LogP contribution in [-0.4, -0.2) is 74.9 Å². The highest BCUT2D eigenvalue weighted by molar-refractivity contribution is 7.47. The number of esters is 2. The molecule has 0 saturated carbocycles. The van der Waals surface area contributed by atoms with E-state index >= 15 is 0 Å². The van der Waals surface area contributed by atoms with E-state index in [0.29, 0.717) is 17.4 Å². The third kappa shape index (κ3) is 72.7. The molecule has 10 heteroatoms. The van der Waals surface area contributed by atoms with E-state index in [1.165, 1.54) is 116 Å². The van der Waals surface area contributed by atoms with Gasteiger partial charge in [-0.25, -0.2) is 4.57 Å². The largest absolute Gasteiger partial charge is 0.472 e. The van der Waals surface area contributed by atoms with Gasteiger partial charge in [0.1, 0.15) is 19.8 Å². The van der Waals surface area contributed by atoms with Crippen molar-refractivity contribution in [2.75, 3.05) is 47.5 Å². The summed E-state index contributed by atoms with van der Waals surface area (Å²) in [6, 6.07) is 0. The van der Waals surface area contributed by atoms with Gasteiger partial charge in [-0.1, -0.05) is 307 Å². The lowest BCUT2D eigenvalue weighted by Crippen LogP contribution is -2.37. The zero-order valence-electron chi connectivity index (χ0n) is 58.3. The number of hydrogen-bond donors (Lipinski definition) is 1. The zero-order valence-corrected chi connectivity index (χ0v) is 59.2. The Kier molecular flexibility index (Phi) is 65.6. The van der Waals surface area contributed by atoms with E-state index in [0.717, 1.165) is 135 Å². The molecule has 0 aromatic heterocycles. The highest BCUT2D eigenvalue weighted by Crippen LogP contribution is 2.43. The van der Waals surface area contributed by atoms with Crippen molar-refractivity contribution in [3.05, 3.63) is 158 Å². The second-order valence-electron chi connectivity index (χ2n) is 24.9. The average Bonchev–Trinajstić information content (AvgIpc) is 3.62. The number of phosphoric ester groups is 1. The number of rotatable bonds is 65. The van der Waals surface area contributed by atoms with Crippen LogP contribution in [0.4, 0.5) is 0 Å². The second kappa shape index (κ2) is 69.0. The van der Waals surface area contributed by atoms with Gasteiger partial charge in [0.25, 0.3) is 0 Å². The smallest absolute Gasteiger partial charge is 0.462 e. The van der Waals surface area contributed by atoms with E-state index in [9.17, 15) is 19.0 Å². The summed E-state index contributed by atoms with van der Waals surface area (Å²) in [7, 11) is 1.46. The Morgan fingerprint density at radius 1 is 0.344 bits per heavy atom. The van der Waals surface area contributed by atoms with Crippen molar-refractivity contribution in [2.45, 2.75) is 290 Å². The molecule has 0 saturated heterocycles. The maximum atomic E-state index is 12.9. The van der Waals surface area contributed by atoms with E-state index in [1.807, 2.05) is 21.1 Å². The molecule has 9 nitrogen and oxygen atoms in total. The Bertz CT molecular complexity index is 2080. The summed E-state index contributed by atoms with van der Waals surface area (Å²) in [4.78, 5) is 35.9. The molecule has 2 atom stereocenters. The maximum absolute atomic E-state index is 12.9. The van der Waals surface area contributed by atoms with Gasteiger partial charge in [0.2, 0.25) is 0 Å². The fourth-order valence-corrected chi connectivity index (χ4v) is 10.3. The van der Waals surface area contributed by atoms with Crippen LogP contribution in [0.25, 0.3) is 0 Å². The summed E-state index contributed by atoms with van der Waals surface area (Å²) in [6.45, 7) is 4.20. The number of ether oxygens (including phenoxy) is 2. The summed E-state index contributed by atoms with van der Waals surface area (Å²) in [5, 5.41) is 0. The van der Waals surface area contributed by atoms with Crippen LogP contribution >= 0.6 is 7.82 Å². The molecule has 0 radical (unpaired) electrons. The van der Waals surface area contributed by atoms with E-state index in [4.69, 9.17) is 18.5 Å². The SMILES string of the molecule is CC/C=C\C/C=C\C/C=C\C/C=C\C/C=C\C/C=C\C/C=C\C/C=C\CCCCCCCCCCCCCCCCCCC(=O)OC(COC(=O)CCCCCCCCCCC/C=C\C/C=C\C/C=C\C/C=C\C/C=C\CC)COP(=O)(O)OCC[N+](C)(C)C. The Labute approximate surface area is 554 Å². The van der Waals surface area contributed by atoms with Gasteiger partial charge >= 0.3 is 19.8 Å². The number of likely N-dealkylation sites (N-methyl/N-ethyl adjacent to an activating group) is 1. The van der Waals surface area contributed by atoms with Crippen molar-refractivity contribution in [1.82, 2.24) is 0 Å². The maximum Gasteiger partial charge on any atom is 0.472 e. The van der Waals surface area contributed by atoms with E-state index in [1.54, 1.807) is 0 Å². The minimum Gasteiger partial charge on any atom is -0.462 e. The minimum absolute atomic E-state index is 0.0246. The first kappa shape index (κ1) is 85.6. The molecule has 0 aromatic carbocycles. The van der Waals surface area contributed by atoms with Gasteiger partial charge < -0.3 is 18.9 Å². The summed E-state index contributed by atoms with van der Waals surface area (Å²) < 4.78 is 34.7. The average molecular weight is 1270 g/mol. The van der Waals surface area contributed by atoms with Crippen molar-refractivity contribution < 1.29 is 42.1 Å². The van der Waals surface area contributed by atoms with Crippen LogP contribution in [0.2, 0.25) is 0 Å². The summed E-state index contributed by atoms with van der Waals surface area (Å²) >= 11 is 0. The molecule has 512 valence electrons. The number of nitrogens with zero attached hydrogens (tertiary/aromatic N) is 1. The third-order valence-electron chi connectivity index (χ3n) is 15.1. The van der Waals surface area contributed by atoms with Crippen LogP contribution in [0, 0.1) is 0 Å². The van der Waals surface area contributed by atoms with Crippen LogP contribution in [-0.2, 0) is 32.7 Å². The van der Waals surface area contributed by atoms with E-state index in [-0.39, 0.29) is 32.0 Å². The second-order valence-corrected chi connectivity index (χ2v) is 26.3. The number of quaternary nitrogens is 1. The van der Waals surface area contributed by atoms with Crippen LogP contribution in [0.1, 0.15) is 284 Å². The first-order valence-electron chi connectivity index (χ1n) is 36.2. The minimum atomic E-state index is -4.40. The Balaban J connectivity index is 4.04. The van der Waals surface area contributed by atoms with Crippen LogP contribution < -0.4 is 0 Å². The third-order valence-corrected chi connectivity index (χ3v) is 16.0. The topological polar surface area (TPSA) is 108 Å². The molecule has 0 spiro atoms. The quantitative estimate of drug-likeness (QED) is 0.0211. The predicted molar refractivity (Wildman–Crippen MR) is 390 cm³/mol. The van der Waals surface area contributed by atoms with E-state index < -0.39 is 26.5 Å². The van der Waals surface area contributed by atoms with Crippen molar-refractivity contribution in [2.24, 2.45) is 0 Å². The molecule has 0 amide bonds. The fourth-order valence-electron chi connectivity index (χ4n) is 9.59. The van der Waals surface area contributed by atoms with Gasteiger partial charge in [-0.05, 0) is 122 Å². The summed E-state index contributed by atoms with van der Waals surface area (Å²) in [6.07, 6.45) is 103. The van der Waals surface area contributed by atoms with Gasteiger partial charge in [-0.2, -0.15) is 0 Å². The molecular weight excluding hydrogens is 1130 g/mol. The van der Waals surface area contributed by atoms with Crippen molar-refractivity contribution in [3.8, 4) is 0 Å². The zero-order chi connectivity index (χ0) is 65.5. The van der Waals surface area contributed by atoms with Crippen LogP contribution in [0.5, 0.6) is 0 Å². The lowest BCUT2D eigenvalue weighted by molar-refractivity contribution is -0.870. The van der Waals surface area contributed by atoms with Crippen LogP contribution in [0.3, 0.4) is 0 Å². The number of carbonyl (C=O) groups is 2. The van der Waals surface area contributed by atoms with Crippen molar-refractivity contribution >= 4 is 19.8 Å². The molecule has 90 heavy (non-hydrogen) atoms. The standard InChI is InChI=1S/C80H134NO8P/c1-6-8-10-12-14-16-18-20-22-24-26-28-30-32-33-34-35-36-37-38-39-40-41-42-43-44-45-46-47-49-51-53-55-57-59-61-63-65-67-69-71-73-80(83)89-78(77-88-90(84,85)87-75-74-81(3,4)5)76-86-79(82)72-70-68-66-64-62-60-58-56-54-52-50-48-31-29-27-25-23-21-19-17-15-13-11-9-7-2/h8-11,14-17,20-23,26-29,32-33,35-36,38-39,41-42,48,50,78H,6-7,12-13,18-19,24-25,30-31,34,37,40,43-47,49,51-77H2,1-5H3/p+1/b10-8-,11-9-,16-14-,17-15-,22-20-,23-21-,28-26-,29-27-,33-32-,36-35-,39-38-,42-41-,50-48-. The number of unbranched alkanes of at least 4 members (excludes halogenated alkanes) is 25. The Hall–Kier alpha value is -4.37. The van der Waals surface area contributed by atoms with Crippen molar-refractivity contribution in [3.63, 3.8) is 0 Å². The normalized spacial score (nSPS) is 14.1. The van der Waals surface area contributed by atoms with Crippen molar-refractivity contribution in [1.29, 1.82) is 0 Å². The van der Waals surface area contributed by atoms with Gasteiger partial charge in [0.05, 0.1) is 27.7 Å². The molecule has 2 unspecified atom stereocenters. The molecule has 0 heterocycles. The van der Waals surface area contributed by atoms with Gasteiger partial charge in [-0.3, -0.25) is 18.6 Å². The molecule has 1 N–H and O–H groups in total. The molecule has 0 aromatic rings. The lowest BCUT2D eigenvalue weighted by Gasteiger charge is -2.24. The first-order chi connectivity index (χ1) is 44.0. The molecule has 0 rings (SSSR count). The van der Waals surface area contributed by atoms with Crippen LogP contribution in [0.15, 0.2) is 158 Å². The number of carbonyl (C=O) groups excluding carboxylic acids is 2. The molecule has 0 aliphatic carbocycles. The van der Waals surface area contributed by atoms with E-state index in [2.05, 4.69) is 172 Å². The number of hydrogen-bond acceptors (Lipinski definition) is 7. The first-order valence-corrected chi connectivity index (χ1v) is 37.7. The summed E-state index contributed by atoms with van der Waals surface area (Å²) in [5.41, 5.74) is 0. The lowest BCUT2D eigenvalue weighted by atomic mass is 10.0. The summed E-state index contributed by atoms with van der Waals surface area (Å²) in [5.74, 6) is -0.806. The predicted octanol–water partition coefficient (Wildman–Crippen LogP) is 23.9. The highest BCUT2D eigenvalue weighted by Gasteiger charge is 2.27. The van der Waals surface area contributed by atoms with Gasteiger partial charge in [0.15, 0.2) is 6.10 Å². The Morgan fingerprint density at radius 3 is 0.889 bits per heavy atom. The monoisotopic (exact) mass is 1270 g/mol. The van der Waals surface area contributed by atoms with Gasteiger partial charge in [0, 0.05) is 12.8 Å². The Morgan fingerprint density at radius 2 is 0.600 bits per heavy atom. The number of allylic oxidation sites excluding steroid dienone is 26. The highest BCUT2D eigenvalue weighted by atomic mass is 31.2. The molecule has 0 bridgehead atoms. The van der Waals surface area contributed by atoms with Gasteiger partial charge in [-0.15, -0.1) is 0 Å². The molecule has 0 aliphatic heterocycles. The molecular formula is C80H135NO8P+.